The zero-order valence-electron chi connectivity index (χ0n) is 11.9. The molecule has 22 heavy (non-hydrogen) atoms. The van der Waals surface area contributed by atoms with Gasteiger partial charge in [-0.25, -0.2) is 4.98 Å². The molecule has 1 aromatic heterocycles. The van der Waals surface area contributed by atoms with Gasteiger partial charge in [-0.05, 0) is 17.7 Å². The van der Waals surface area contributed by atoms with Gasteiger partial charge in [0.05, 0.1) is 19.8 Å². The molecular weight excluding hydrogens is 300 g/mol. The largest absolute Gasteiger partial charge is 0.493 e. The van der Waals surface area contributed by atoms with Gasteiger partial charge in [0.25, 0.3) is 0 Å². The number of nitrogens with two attached hydrogens (primary N) is 1. The Hall–Kier alpha value is -2.90. The molecule has 6 nitrogen and oxygen atoms in total. The lowest BCUT2D eigenvalue weighted by Crippen LogP contribution is -2.02. The summed E-state index contributed by atoms with van der Waals surface area (Å²) in [6.45, 7) is 0. The summed E-state index contributed by atoms with van der Waals surface area (Å²) in [4.78, 5) is 3.92. The van der Waals surface area contributed by atoms with Crippen LogP contribution in [0.2, 0.25) is 0 Å². The molecule has 0 atom stereocenters. The number of rotatable bonds is 3. The molecule has 2 rings (SSSR count). The van der Waals surface area contributed by atoms with Gasteiger partial charge in [-0.1, -0.05) is 6.07 Å². The van der Waals surface area contributed by atoms with E-state index in [9.17, 15) is 10.5 Å². The Labute approximate surface area is 133 Å². The summed E-state index contributed by atoms with van der Waals surface area (Å²) in [7, 11) is 3.03. The van der Waals surface area contributed by atoms with E-state index in [1.807, 2.05) is 12.1 Å². The number of thiol groups is 1. The summed E-state index contributed by atoms with van der Waals surface area (Å²) in [6.07, 6.45) is 0. The summed E-state index contributed by atoms with van der Waals surface area (Å²) in [5, 5.41) is 18.9. The van der Waals surface area contributed by atoms with E-state index in [1.54, 1.807) is 18.2 Å². The van der Waals surface area contributed by atoms with Crippen LogP contribution in [0.5, 0.6) is 11.5 Å². The van der Waals surface area contributed by atoms with E-state index in [2.05, 4.69) is 17.6 Å². The summed E-state index contributed by atoms with van der Waals surface area (Å²) in [6, 6.07) is 9.07. The number of ether oxygens (including phenoxy) is 2. The Morgan fingerprint density at radius 2 is 1.73 bits per heavy atom. The van der Waals surface area contributed by atoms with Gasteiger partial charge in [0, 0.05) is 5.56 Å². The van der Waals surface area contributed by atoms with Crippen LogP contribution in [-0.4, -0.2) is 19.2 Å². The van der Waals surface area contributed by atoms with Crippen molar-refractivity contribution in [3.63, 3.8) is 0 Å². The van der Waals surface area contributed by atoms with Gasteiger partial charge >= 0.3 is 0 Å². The number of benzene rings is 1. The molecule has 0 aliphatic heterocycles. The highest BCUT2D eigenvalue weighted by Crippen LogP contribution is 2.37. The van der Waals surface area contributed by atoms with E-state index in [1.165, 1.54) is 14.2 Å². The highest BCUT2D eigenvalue weighted by atomic mass is 32.1. The Balaban J connectivity index is 2.83. The Morgan fingerprint density at radius 1 is 1.09 bits per heavy atom. The topological polar surface area (TPSA) is 105 Å². The van der Waals surface area contributed by atoms with Crippen LogP contribution in [0.1, 0.15) is 11.1 Å². The molecule has 0 spiro atoms. The lowest BCUT2D eigenvalue weighted by molar-refractivity contribution is 0.355. The number of hydrogen-bond acceptors (Lipinski definition) is 7. The quantitative estimate of drug-likeness (QED) is 0.843. The number of methoxy groups -OCH3 is 2. The van der Waals surface area contributed by atoms with Crippen molar-refractivity contribution < 1.29 is 9.47 Å². The van der Waals surface area contributed by atoms with Crippen molar-refractivity contribution in [1.29, 1.82) is 10.5 Å². The highest BCUT2D eigenvalue weighted by Gasteiger charge is 2.19. The maximum atomic E-state index is 9.35. The second kappa shape index (κ2) is 6.25. The van der Waals surface area contributed by atoms with Gasteiger partial charge < -0.3 is 15.2 Å². The van der Waals surface area contributed by atoms with Gasteiger partial charge in [0.15, 0.2) is 11.5 Å². The van der Waals surface area contributed by atoms with E-state index in [-0.39, 0.29) is 22.0 Å². The lowest BCUT2D eigenvalue weighted by atomic mass is 9.96. The molecule has 110 valence electrons. The van der Waals surface area contributed by atoms with Crippen LogP contribution in [0, 0.1) is 22.7 Å². The molecule has 0 aliphatic rings. The van der Waals surface area contributed by atoms with Crippen molar-refractivity contribution in [3.05, 3.63) is 29.3 Å². The van der Waals surface area contributed by atoms with E-state index in [4.69, 9.17) is 15.2 Å². The molecule has 0 unspecified atom stereocenters. The molecule has 2 N–H and O–H groups in total. The number of pyridine rings is 1. The molecule has 1 aromatic carbocycles. The molecule has 0 saturated carbocycles. The second-order valence-corrected chi connectivity index (χ2v) is 4.66. The van der Waals surface area contributed by atoms with Crippen LogP contribution in [0.4, 0.5) is 5.82 Å². The fraction of sp³-hybridized carbons (Fsp3) is 0.133. The third-order valence-corrected chi connectivity index (χ3v) is 3.43. The van der Waals surface area contributed by atoms with E-state index in [0.29, 0.717) is 22.6 Å². The number of nitriles is 2. The van der Waals surface area contributed by atoms with Crippen LogP contribution in [0.25, 0.3) is 11.1 Å². The van der Waals surface area contributed by atoms with Gasteiger partial charge in [-0.3, -0.25) is 0 Å². The predicted octanol–water partition coefficient (Wildman–Crippen LogP) is 2.38. The summed E-state index contributed by atoms with van der Waals surface area (Å²) in [5.74, 6) is 1.04. The van der Waals surface area contributed by atoms with Crippen LogP contribution >= 0.6 is 12.6 Å². The molecule has 7 heteroatoms. The maximum Gasteiger partial charge on any atom is 0.161 e. The molecule has 0 amide bonds. The summed E-state index contributed by atoms with van der Waals surface area (Å²) < 4.78 is 10.4. The number of hydrogen-bond donors (Lipinski definition) is 2. The molecule has 0 bridgehead atoms. The minimum atomic E-state index is 0.0243. The first-order valence-corrected chi connectivity index (χ1v) is 6.57. The third kappa shape index (κ3) is 2.50. The maximum absolute atomic E-state index is 9.35. The van der Waals surface area contributed by atoms with Gasteiger partial charge in [-0.2, -0.15) is 10.5 Å². The molecule has 0 radical (unpaired) electrons. The van der Waals surface area contributed by atoms with E-state index in [0.717, 1.165) is 0 Å². The fourth-order valence-corrected chi connectivity index (χ4v) is 2.36. The Bertz CT molecular complexity index is 784. The second-order valence-electron chi connectivity index (χ2n) is 4.24. The van der Waals surface area contributed by atoms with Gasteiger partial charge in [0.1, 0.15) is 28.5 Å². The van der Waals surface area contributed by atoms with Gasteiger partial charge in [0.2, 0.25) is 0 Å². The molecule has 1 heterocycles. The molecule has 0 fully saturated rings. The molecule has 2 aromatic rings. The minimum Gasteiger partial charge on any atom is -0.493 e. The standard InChI is InChI=1S/C15H12N4O2S/c1-20-11-4-3-8(5-12(11)21-2)13-9(6-16)14(18)19-15(22)10(13)7-17/h3-5H,1-2H3,(H3,18,19,22). The summed E-state index contributed by atoms with van der Waals surface area (Å²) in [5.41, 5.74) is 7.05. The number of aromatic nitrogens is 1. The highest BCUT2D eigenvalue weighted by molar-refractivity contribution is 7.80. The van der Waals surface area contributed by atoms with Crippen molar-refractivity contribution in [2.75, 3.05) is 20.0 Å². The van der Waals surface area contributed by atoms with Crippen molar-refractivity contribution in [3.8, 4) is 34.8 Å². The first-order valence-electron chi connectivity index (χ1n) is 6.12. The normalized spacial score (nSPS) is 9.68. The van der Waals surface area contributed by atoms with Crippen molar-refractivity contribution in [2.24, 2.45) is 0 Å². The van der Waals surface area contributed by atoms with Crippen molar-refractivity contribution in [2.45, 2.75) is 5.03 Å². The lowest BCUT2D eigenvalue weighted by Gasteiger charge is -2.13. The monoisotopic (exact) mass is 312 g/mol. The van der Waals surface area contributed by atoms with E-state index >= 15 is 0 Å². The zero-order valence-corrected chi connectivity index (χ0v) is 12.8. The fourth-order valence-electron chi connectivity index (χ4n) is 2.09. The van der Waals surface area contributed by atoms with Crippen LogP contribution in [-0.2, 0) is 0 Å². The number of nitrogens with zero attached hydrogens (tertiary/aromatic N) is 3. The van der Waals surface area contributed by atoms with Crippen LogP contribution < -0.4 is 15.2 Å². The van der Waals surface area contributed by atoms with Gasteiger partial charge in [-0.15, -0.1) is 12.6 Å². The molecule has 0 aliphatic carbocycles. The SMILES string of the molecule is COc1ccc(-c2c(C#N)c(N)nc(S)c2C#N)cc1OC. The van der Waals surface area contributed by atoms with Crippen LogP contribution in [0.3, 0.4) is 0 Å². The summed E-state index contributed by atoms with van der Waals surface area (Å²) >= 11 is 4.16. The minimum absolute atomic E-state index is 0.0243. The average molecular weight is 312 g/mol. The van der Waals surface area contributed by atoms with Crippen molar-refractivity contribution in [1.82, 2.24) is 4.98 Å². The molecule has 0 saturated heterocycles. The number of nitrogen functional groups attached to an aromatic ring is 1. The molecular formula is C15H12N4O2S. The van der Waals surface area contributed by atoms with E-state index < -0.39 is 0 Å². The Morgan fingerprint density at radius 3 is 2.27 bits per heavy atom. The first kappa shape index (κ1) is 15.5. The smallest absolute Gasteiger partial charge is 0.161 e. The third-order valence-electron chi connectivity index (χ3n) is 3.10. The Kier molecular flexibility index (Phi) is 4.40. The number of anilines is 1. The zero-order chi connectivity index (χ0) is 16.3. The predicted molar refractivity (Wildman–Crippen MR) is 83.9 cm³/mol. The first-order chi connectivity index (χ1) is 10.6. The van der Waals surface area contributed by atoms with Crippen LogP contribution in [0.15, 0.2) is 23.2 Å². The van der Waals surface area contributed by atoms with Crippen molar-refractivity contribution >= 4 is 18.4 Å². The average Bonchev–Trinajstić information content (AvgIpc) is 2.53.